The molecule has 2 atom stereocenters. The average Bonchev–Trinajstić information content (AvgIpc) is 2.83. The standard InChI is InChI=1S/C24H26FN3O6S/c1-15(29)34-11-8-16-4-6-17(7-5-16)18-13-21-19(12-20(18)25)22(30)28(14-26-21)10-9-24(2,35(3)33)23(31)27-32/h4-7,12-14,32H,8-11H2,1-3H3,(H,27,31)/t24-,35?/m1/s1. The summed E-state index contributed by atoms with van der Waals surface area (Å²) in [5.41, 5.74) is 3.11. The summed E-state index contributed by atoms with van der Waals surface area (Å²) >= 11 is 0. The summed E-state index contributed by atoms with van der Waals surface area (Å²) in [6.45, 7) is 3.01. The van der Waals surface area contributed by atoms with Crippen molar-refractivity contribution in [2.45, 2.75) is 38.0 Å². The van der Waals surface area contributed by atoms with Crippen LogP contribution in [0.3, 0.4) is 0 Å². The summed E-state index contributed by atoms with van der Waals surface area (Å²) in [6, 6.07) is 9.73. The third-order valence-corrected chi connectivity index (χ3v) is 7.58. The van der Waals surface area contributed by atoms with Crippen LogP contribution in [-0.4, -0.2) is 48.5 Å². The molecule has 11 heteroatoms. The van der Waals surface area contributed by atoms with Crippen LogP contribution in [-0.2, 0) is 38.1 Å². The van der Waals surface area contributed by atoms with Crippen LogP contribution in [0.25, 0.3) is 22.0 Å². The van der Waals surface area contributed by atoms with E-state index >= 15 is 0 Å². The van der Waals surface area contributed by atoms with Gasteiger partial charge in [-0.15, -0.1) is 0 Å². The van der Waals surface area contributed by atoms with Crippen LogP contribution in [0.2, 0.25) is 0 Å². The number of fused-ring (bicyclic) bond motifs is 1. The number of amides is 1. The maximum Gasteiger partial charge on any atom is 0.302 e. The van der Waals surface area contributed by atoms with Crippen molar-refractivity contribution in [1.82, 2.24) is 15.0 Å². The van der Waals surface area contributed by atoms with E-state index in [1.165, 1.54) is 42.5 Å². The zero-order valence-electron chi connectivity index (χ0n) is 19.5. The first kappa shape index (κ1) is 26.2. The molecule has 0 radical (unpaired) electrons. The van der Waals surface area contributed by atoms with Crippen LogP contribution in [0.4, 0.5) is 4.39 Å². The fourth-order valence-electron chi connectivity index (χ4n) is 3.56. The quantitative estimate of drug-likeness (QED) is 0.261. The molecule has 1 aromatic heterocycles. The average molecular weight is 504 g/mol. The van der Waals surface area contributed by atoms with Crippen LogP contribution >= 0.6 is 0 Å². The number of carbonyl (C=O) groups is 2. The van der Waals surface area contributed by atoms with Gasteiger partial charge in [0.1, 0.15) is 10.6 Å². The topological polar surface area (TPSA) is 128 Å². The number of nitrogens with one attached hydrogen (secondary N) is 1. The molecule has 1 unspecified atom stereocenters. The van der Waals surface area contributed by atoms with E-state index in [2.05, 4.69) is 4.98 Å². The number of rotatable bonds is 9. The van der Waals surface area contributed by atoms with Crippen molar-refractivity contribution in [3.63, 3.8) is 0 Å². The lowest BCUT2D eigenvalue weighted by atomic mass is 10.0. The van der Waals surface area contributed by atoms with Crippen molar-refractivity contribution in [1.29, 1.82) is 0 Å². The molecule has 0 saturated carbocycles. The second kappa shape index (κ2) is 10.9. The van der Waals surface area contributed by atoms with Crippen molar-refractivity contribution in [3.05, 3.63) is 64.5 Å². The lowest BCUT2D eigenvalue weighted by molar-refractivity contribution is -0.140. The third kappa shape index (κ3) is 5.80. The summed E-state index contributed by atoms with van der Waals surface area (Å²) in [7, 11) is -1.63. The van der Waals surface area contributed by atoms with E-state index in [4.69, 9.17) is 9.94 Å². The van der Waals surface area contributed by atoms with Gasteiger partial charge in [0.2, 0.25) is 0 Å². The van der Waals surface area contributed by atoms with Gasteiger partial charge in [-0.05, 0) is 36.6 Å². The molecule has 0 saturated heterocycles. The number of halogens is 1. The van der Waals surface area contributed by atoms with Crippen LogP contribution in [0.15, 0.2) is 47.5 Å². The molecule has 3 aromatic rings. The molecule has 1 heterocycles. The first-order valence-corrected chi connectivity index (χ1v) is 12.3. The number of hydroxylamine groups is 1. The Morgan fingerprint density at radius 2 is 1.94 bits per heavy atom. The van der Waals surface area contributed by atoms with Crippen molar-refractivity contribution < 1.29 is 28.1 Å². The Bertz CT molecular complexity index is 1340. The molecule has 2 N–H and O–H groups in total. The molecule has 0 fully saturated rings. The smallest absolute Gasteiger partial charge is 0.302 e. The highest BCUT2D eigenvalue weighted by Gasteiger charge is 2.37. The molecular weight excluding hydrogens is 477 g/mol. The molecule has 9 nitrogen and oxygen atoms in total. The highest BCUT2D eigenvalue weighted by molar-refractivity contribution is 7.86. The molecule has 35 heavy (non-hydrogen) atoms. The molecule has 1 amide bonds. The van der Waals surface area contributed by atoms with Gasteiger partial charge in [-0.1, -0.05) is 24.3 Å². The van der Waals surface area contributed by atoms with Gasteiger partial charge < -0.3 is 4.74 Å². The molecule has 3 rings (SSSR count). The van der Waals surface area contributed by atoms with Crippen LogP contribution in [0.5, 0.6) is 0 Å². The minimum atomic E-state index is -1.63. The SMILES string of the molecule is CC(=O)OCCc1ccc(-c2cc3ncn(CC[C@](C)(C(=O)NO)S(C)=O)c(=O)c3cc2F)cc1. The van der Waals surface area contributed by atoms with E-state index in [1.54, 1.807) is 12.1 Å². The number of hydrogen-bond acceptors (Lipinski definition) is 7. The van der Waals surface area contributed by atoms with Gasteiger partial charge in [-0.2, -0.15) is 0 Å². The van der Waals surface area contributed by atoms with E-state index in [1.807, 2.05) is 12.1 Å². The lowest BCUT2D eigenvalue weighted by Gasteiger charge is -2.24. The number of aromatic nitrogens is 2. The normalized spacial score (nSPS) is 13.7. The molecule has 0 aliphatic carbocycles. The van der Waals surface area contributed by atoms with Gasteiger partial charge in [0.05, 0.1) is 23.8 Å². The fraction of sp³-hybridized carbons (Fsp3) is 0.333. The minimum absolute atomic E-state index is 0.0105. The minimum Gasteiger partial charge on any atom is -0.466 e. The van der Waals surface area contributed by atoms with E-state index in [9.17, 15) is 23.0 Å². The largest absolute Gasteiger partial charge is 0.466 e. The van der Waals surface area contributed by atoms with Crippen molar-refractivity contribution in [3.8, 4) is 11.1 Å². The molecular formula is C24H26FN3O6S. The number of nitrogens with zero attached hydrogens (tertiary/aromatic N) is 2. The van der Waals surface area contributed by atoms with Gasteiger partial charge in [-0.25, -0.2) is 14.9 Å². The second-order valence-electron chi connectivity index (χ2n) is 8.26. The zero-order chi connectivity index (χ0) is 25.8. The summed E-state index contributed by atoms with van der Waals surface area (Å²) in [5.74, 6) is -1.77. The summed E-state index contributed by atoms with van der Waals surface area (Å²) in [4.78, 5) is 40.1. The van der Waals surface area contributed by atoms with Gasteiger partial charge in [0, 0.05) is 42.5 Å². The monoisotopic (exact) mass is 503 g/mol. The number of benzene rings is 2. The summed E-state index contributed by atoms with van der Waals surface area (Å²) < 4.78 is 31.8. The number of hydrogen-bond donors (Lipinski definition) is 2. The Kier molecular flexibility index (Phi) is 8.13. The summed E-state index contributed by atoms with van der Waals surface area (Å²) in [5, 5.41) is 9.03. The van der Waals surface area contributed by atoms with Gasteiger partial charge in [0.15, 0.2) is 0 Å². The van der Waals surface area contributed by atoms with Gasteiger partial charge >= 0.3 is 5.97 Å². The molecule has 2 aromatic carbocycles. The fourth-order valence-corrected chi connectivity index (χ4v) is 4.25. The van der Waals surface area contributed by atoms with E-state index in [-0.39, 0.29) is 36.5 Å². The predicted molar refractivity (Wildman–Crippen MR) is 129 cm³/mol. The highest BCUT2D eigenvalue weighted by Crippen LogP contribution is 2.26. The molecule has 0 aliphatic rings. The maximum absolute atomic E-state index is 15.0. The third-order valence-electron chi connectivity index (χ3n) is 5.92. The number of esters is 1. The molecule has 0 bridgehead atoms. The lowest BCUT2D eigenvalue weighted by Crippen LogP contribution is -2.47. The van der Waals surface area contributed by atoms with Crippen molar-refractivity contribution in [2.24, 2.45) is 0 Å². The van der Waals surface area contributed by atoms with Crippen molar-refractivity contribution >= 4 is 33.6 Å². The first-order chi connectivity index (χ1) is 16.6. The number of aryl methyl sites for hydroxylation is 1. The van der Waals surface area contributed by atoms with Crippen LogP contribution in [0, 0.1) is 5.82 Å². The number of ether oxygens (including phenoxy) is 1. The zero-order valence-corrected chi connectivity index (χ0v) is 20.4. The van der Waals surface area contributed by atoms with E-state index in [0.717, 1.165) is 11.6 Å². The predicted octanol–water partition coefficient (Wildman–Crippen LogP) is 2.34. The first-order valence-electron chi connectivity index (χ1n) is 10.8. The van der Waals surface area contributed by atoms with Gasteiger partial charge in [-0.3, -0.25) is 28.4 Å². The maximum atomic E-state index is 15.0. The Balaban J connectivity index is 1.86. The second-order valence-corrected chi connectivity index (χ2v) is 10.1. The van der Waals surface area contributed by atoms with Crippen LogP contribution < -0.4 is 11.0 Å². The Morgan fingerprint density at radius 3 is 2.54 bits per heavy atom. The van der Waals surface area contributed by atoms with E-state index < -0.39 is 32.8 Å². The van der Waals surface area contributed by atoms with Gasteiger partial charge in [0.25, 0.3) is 11.5 Å². The summed E-state index contributed by atoms with van der Waals surface area (Å²) in [6.07, 6.45) is 3.14. The number of carbonyl (C=O) groups excluding carboxylic acids is 2. The molecule has 0 aliphatic heterocycles. The Hall–Kier alpha value is -3.44. The molecule has 0 spiro atoms. The molecule has 186 valence electrons. The highest BCUT2D eigenvalue weighted by atomic mass is 32.2. The Labute approximate surface area is 203 Å². The van der Waals surface area contributed by atoms with Crippen LogP contribution in [0.1, 0.15) is 25.8 Å². The van der Waals surface area contributed by atoms with Crippen molar-refractivity contribution in [2.75, 3.05) is 12.9 Å². The van der Waals surface area contributed by atoms with E-state index in [0.29, 0.717) is 17.5 Å². The Morgan fingerprint density at radius 1 is 1.26 bits per heavy atom.